The van der Waals surface area contributed by atoms with Gasteiger partial charge < -0.3 is 0 Å². The van der Waals surface area contributed by atoms with E-state index in [0.717, 1.165) is 25.0 Å². The van der Waals surface area contributed by atoms with Gasteiger partial charge in [0.15, 0.2) is 0 Å². The van der Waals surface area contributed by atoms with E-state index in [9.17, 15) is 5.26 Å². The predicted octanol–water partition coefficient (Wildman–Crippen LogP) is 2.36. The van der Waals surface area contributed by atoms with Crippen molar-refractivity contribution >= 4 is 0 Å². The highest BCUT2D eigenvalue weighted by Gasteiger charge is 2.34. The second-order valence-electron chi connectivity index (χ2n) is 4.68. The Labute approximate surface area is 90.7 Å². The van der Waals surface area contributed by atoms with Crippen molar-refractivity contribution in [3.63, 3.8) is 0 Å². The van der Waals surface area contributed by atoms with Crippen LogP contribution in [0.2, 0.25) is 0 Å². The SMILES string of the molecule is Cc1cc(CC2(C#N)CCCC2)n(C)n1. The third-order valence-corrected chi connectivity index (χ3v) is 3.42. The van der Waals surface area contributed by atoms with Crippen molar-refractivity contribution in [1.82, 2.24) is 9.78 Å². The van der Waals surface area contributed by atoms with Gasteiger partial charge in [-0.25, -0.2) is 0 Å². The van der Waals surface area contributed by atoms with Crippen LogP contribution in [0.4, 0.5) is 0 Å². The molecule has 0 saturated heterocycles. The molecule has 15 heavy (non-hydrogen) atoms. The highest BCUT2D eigenvalue weighted by Crippen LogP contribution is 2.40. The average molecular weight is 203 g/mol. The van der Waals surface area contributed by atoms with Crippen LogP contribution in [0.5, 0.6) is 0 Å². The Hall–Kier alpha value is -1.30. The first kappa shape index (κ1) is 10.2. The molecule has 1 aromatic heterocycles. The maximum atomic E-state index is 9.30. The molecular formula is C12H17N3. The highest BCUT2D eigenvalue weighted by atomic mass is 15.3. The molecule has 0 spiro atoms. The van der Waals surface area contributed by atoms with E-state index in [2.05, 4.69) is 17.2 Å². The lowest BCUT2D eigenvalue weighted by Gasteiger charge is -2.19. The summed E-state index contributed by atoms with van der Waals surface area (Å²) < 4.78 is 1.91. The van der Waals surface area contributed by atoms with Gasteiger partial charge in [0.2, 0.25) is 0 Å². The number of aromatic nitrogens is 2. The van der Waals surface area contributed by atoms with Gasteiger partial charge in [-0.2, -0.15) is 10.4 Å². The Morgan fingerprint density at radius 3 is 2.67 bits per heavy atom. The Bertz CT molecular complexity index is 391. The minimum atomic E-state index is -0.111. The van der Waals surface area contributed by atoms with Crippen molar-refractivity contribution in [2.45, 2.75) is 39.0 Å². The van der Waals surface area contributed by atoms with E-state index < -0.39 is 0 Å². The fourth-order valence-electron chi connectivity index (χ4n) is 2.56. The van der Waals surface area contributed by atoms with Crippen LogP contribution in [-0.2, 0) is 13.5 Å². The minimum Gasteiger partial charge on any atom is -0.272 e. The molecule has 3 nitrogen and oxygen atoms in total. The summed E-state index contributed by atoms with van der Waals surface area (Å²) in [6.07, 6.45) is 5.36. The Morgan fingerprint density at radius 1 is 1.53 bits per heavy atom. The summed E-state index contributed by atoms with van der Waals surface area (Å²) in [5, 5.41) is 13.6. The Balaban J connectivity index is 2.20. The van der Waals surface area contributed by atoms with Gasteiger partial charge in [0.25, 0.3) is 0 Å². The van der Waals surface area contributed by atoms with Crippen molar-refractivity contribution in [3.05, 3.63) is 17.5 Å². The molecule has 1 aromatic rings. The number of nitrogens with zero attached hydrogens (tertiary/aromatic N) is 3. The van der Waals surface area contributed by atoms with Gasteiger partial charge in [-0.3, -0.25) is 4.68 Å². The van der Waals surface area contributed by atoms with Gasteiger partial charge in [-0.05, 0) is 25.8 Å². The molecule has 1 heterocycles. The van der Waals surface area contributed by atoms with Crippen LogP contribution < -0.4 is 0 Å². The fraction of sp³-hybridized carbons (Fsp3) is 0.667. The molecule has 0 bridgehead atoms. The van der Waals surface area contributed by atoms with Crippen molar-refractivity contribution < 1.29 is 0 Å². The topological polar surface area (TPSA) is 41.6 Å². The van der Waals surface area contributed by atoms with Gasteiger partial charge in [-0.1, -0.05) is 12.8 Å². The third kappa shape index (κ3) is 1.90. The van der Waals surface area contributed by atoms with Crippen LogP contribution in [-0.4, -0.2) is 9.78 Å². The van der Waals surface area contributed by atoms with E-state index in [4.69, 9.17) is 0 Å². The van der Waals surface area contributed by atoms with Crippen molar-refractivity contribution in [2.24, 2.45) is 12.5 Å². The lowest BCUT2D eigenvalue weighted by Crippen LogP contribution is -2.18. The summed E-state index contributed by atoms with van der Waals surface area (Å²) in [6.45, 7) is 2.00. The van der Waals surface area contributed by atoms with Gasteiger partial charge in [0.05, 0.1) is 17.2 Å². The van der Waals surface area contributed by atoms with E-state index >= 15 is 0 Å². The first-order valence-corrected chi connectivity index (χ1v) is 5.56. The van der Waals surface area contributed by atoms with Crippen molar-refractivity contribution in [1.29, 1.82) is 5.26 Å². The van der Waals surface area contributed by atoms with Crippen molar-refractivity contribution in [3.8, 4) is 6.07 Å². The standard InChI is InChI=1S/C12H17N3/c1-10-7-11(15(2)14-10)8-12(9-13)5-3-4-6-12/h7H,3-6,8H2,1-2H3. The number of aryl methyl sites for hydroxylation is 2. The number of nitriles is 1. The van der Waals surface area contributed by atoms with Gasteiger partial charge in [-0.15, -0.1) is 0 Å². The van der Waals surface area contributed by atoms with E-state index in [1.54, 1.807) is 0 Å². The zero-order chi connectivity index (χ0) is 10.9. The highest BCUT2D eigenvalue weighted by molar-refractivity contribution is 5.15. The molecule has 0 amide bonds. The third-order valence-electron chi connectivity index (χ3n) is 3.42. The normalized spacial score (nSPS) is 19.0. The van der Waals surface area contributed by atoms with Gasteiger partial charge >= 0.3 is 0 Å². The molecule has 0 N–H and O–H groups in total. The lowest BCUT2D eigenvalue weighted by atomic mass is 9.83. The van der Waals surface area contributed by atoms with Crippen LogP contribution in [0.25, 0.3) is 0 Å². The summed E-state index contributed by atoms with van der Waals surface area (Å²) in [4.78, 5) is 0. The first-order chi connectivity index (χ1) is 7.15. The van der Waals surface area contributed by atoms with Crippen LogP contribution in [0, 0.1) is 23.7 Å². The number of hydrogen-bond donors (Lipinski definition) is 0. The zero-order valence-corrected chi connectivity index (χ0v) is 9.45. The summed E-state index contributed by atoms with van der Waals surface area (Å²) in [7, 11) is 1.96. The molecule has 1 aliphatic rings. The van der Waals surface area contributed by atoms with Crippen LogP contribution in [0.1, 0.15) is 37.1 Å². The molecule has 2 rings (SSSR count). The van der Waals surface area contributed by atoms with Crippen LogP contribution >= 0.6 is 0 Å². The second kappa shape index (κ2) is 3.69. The van der Waals surface area contributed by atoms with Crippen LogP contribution in [0.3, 0.4) is 0 Å². The lowest BCUT2D eigenvalue weighted by molar-refractivity contribution is 0.395. The molecular weight excluding hydrogens is 186 g/mol. The van der Waals surface area contributed by atoms with Gasteiger partial charge in [0, 0.05) is 19.2 Å². The summed E-state index contributed by atoms with van der Waals surface area (Å²) in [5.41, 5.74) is 2.12. The van der Waals surface area contributed by atoms with E-state index in [-0.39, 0.29) is 5.41 Å². The maximum Gasteiger partial charge on any atom is 0.0693 e. The predicted molar refractivity (Wildman–Crippen MR) is 58.2 cm³/mol. The van der Waals surface area contributed by atoms with Crippen molar-refractivity contribution in [2.75, 3.05) is 0 Å². The van der Waals surface area contributed by atoms with Gasteiger partial charge in [0.1, 0.15) is 0 Å². The minimum absolute atomic E-state index is 0.111. The molecule has 0 unspecified atom stereocenters. The quantitative estimate of drug-likeness (QED) is 0.740. The van der Waals surface area contributed by atoms with E-state index in [1.807, 2.05) is 18.7 Å². The molecule has 80 valence electrons. The molecule has 3 heteroatoms. The zero-order valence-electron chi connectivity index (χ0n) is 9.45. The molecule has 0 radical (unpaired) electrons. The fourth-order valence-corrected chi connectivity index (χ4v) is 2.56. The Kier molecular flexibility index (Phi) is 2.52. The summed E-state index contributed by atoms with van der Waals surface area (Å²) in [5.74, 6) is 0. The summed E-state index contributed by atoms with van der Waals surface area (Å²) in [6, 6.07) is 4.62. The number of hydrogen-bond acceptors (Lipinski definition) is 2. The largest absolute Gasteiger partial charge is 0.272 e. The second-order valence-corrected chi connectivity index (χ2v) is 4.68. The molecule has 1 fully saturated rings. The molecule has 0 atom stereocenters. The molecule has 0 aromatic carbocycles. The molecule has 1 saturated carbocycles. The van der Waals surface area contributed by atoms with E-state index in [0.29, 0.717) is 0 Å². The smallest absolute Gasteiger partial charge is 0.0693 e. The Morgan fingerprint density at radius 2 is 2.20 bits per heavy atom. The molecule has 0 aliphatic heterocycles. The number of rotatable bonds is 2. The first-order valence-electron chi connectivity index (χ1n) is 5.56. The summed E-state index contributed by atoms with van der Waals surface area (Å²) >= 11 is 0. The maximum absolute atomic E-state index is 9.30. The monoisotopic (exact) mass is 203 g/mol. The van der Waals surface area contributed by atoms with E-state index in [1.165, 1.54) is 18.5 Å². The van der Waals surface area contributed by atoms with Crippen LogP contribution in [0.15, 0.2) is 6.07 Å². The molecule has 1 aliphatic carbocycles. The average Bonchev–Trinajstić information content (AvgIpc) is 2.76.